The number of benzene rings is 1. The molecule has 0 radical (unpaired) electrons. The zero-order valence-corrected chi connectivity index (χ0v) is 14.4. The highest BCUT2D eigenvalue weighted by atomic mass is 79.9. The van der Waals surface area contributed by atoms with E-state index in [0.717, 1.165) is 21.8 Å². The van der Waals surface area contributed by atoms with Gasteiger partial charge in [0.15, 0.2) is 0 Å². The van der Waals surface area contributed by atoms with Crippen molar-refractivity contribution in [1.82, 2.24) is 10.3 Å². The fourth-order valence-corrected chi connectivity index (χ4v) is 4.45. The molecule has 0 aliphatic heterocycles. The van der Waals surface area contributed by atoms with Crippen molar-refractivity contribution in [3.8, 4) is 0 Å². The molecule has 0 amide bonds. The number of likely N-dealkylation sites (N-methyl/N-ethyl adjacent to an activating group) is 1. The number of rotatable bonds is 3. The summed E-state index contributed by atoms with van der Waals surface area (Å²) in [6, 6.07) is 11.0. The van der Waals surface area contributed by atoms with Crippen molar-refractivity contribution in [2.75, 3.05) is 7.05 Å². The molecule has 0 fully saturated rings. The van der Waals surface area contributed by atoms with Crippen LogP contribution in [0.4, 0.5) is 0 Å². The number of hydrogen-bond donors (Lipinski definition) is 1. The van der Waals surface area contributed by atoms with E-state index >= 15 is 0 Å². The highest BCUT2D eigenvalue weighted by molar-refractivity contribution is 9.11. The molecule has 0 bridgehead atoms. The van der Waals surface area contributed by atoms with Crippen molar-refractivity contribution in [3.63, 3.8) is 0 Å². The van der Waals surface area contributed by atoms with E-state index in [1.165, 1.54) is 16.8 Å². The number of fused-ring (bicyclic) bond motifs is 1. The van der Waals surface area contributed by atoms with Crippen LogP contribution in [0.2, 0.25) is 0 Å². The third-order valence-corrected chi connectivity index (χ3v) is 4.88. The van der Waals surface area contributed by atoms with Crippen LogP contribution in [0.3, 0.4) is 0 Å². The third kappa shape index (κ3) is 2.69. The molecular formula is C16H16Br2N2. The van der Waals surface area contributed by atoms with Gasteiger partial charge in [-0.05, 0) is 55.3 Å². The van der Waals surface area contributed by atoms with Crippen molar-refractivity contribution in [2.45, 2.75) is 24.8 Å². The Balaban J connectivity index is 1.99. The normalized spacial score (nSPS) is 18.9. The minimum absolute atomic E-state index is 0.292. The van der Waals surface area contributed by atoms with Gasteiger partial charge >= 0.3 is 0 Å². The lowest BCUT2D eigenvalue weighted by molar-refractivity contribution is 0.470. The first kappa shape index (κ1) is 14.2. The summed E-state index contributed by atoms with van der Waals surface area (Å²) >= 11 is 7.15. The van der Waals surface area contributed by atoms with Crippen molar-refractivity contribution >= 4 is 31.9 Å². The Kier molecular flexibility index (Phi) is 4.24. The minimum atomic E-state index is 0.292. The Labute approximate surface area is 136 Å². The SMILES string of the molecule is CNC(c1cc(Br)cc(Br)c1)C1CCc2cccnc21. The molecule has 0 saturated carbocycles. The van der Waals surface area contributed by atoms with Crippen LogP contribution in [-0.4, -0.2) is 12.0 Å². The molecule has 3 rings (SSSR count). The molecule has 1 aliphatic carbocycles. The molecule has 1 aliphatic rings. The van der Waals surface area contributed by atoms with E-state index in [2.05, 4.69) is 66.4 Å². The van der Waals surface area contributed by atoms with Gasteiger partial charge in [-0.2, -0.15) is 0 Å². The lowest BCUT2D eigenvalue weighted by Crippen LogP contribution is -2.23. The molecule has 1 aromatic carbocycles. The van der Waals surface area contributed by atoms with Crippen molar-refractivity contribution in [1.29, 1.82) is 0 Å². The number of nitrogens with zero attached hydrogens (tertiary/aromatic N) is 1. The Hall–Kier alpha value is -0.710. The summed E-state index contributed by atoms with van der Waals surface area (Å²) in [4.78, 5) is 4.62. The summed E-state index contributed by atoms with van der Waals surface area (Å²) in [6.07, 6.45) is 4.18. The van der Waals surface area contributed by atoms with Crippen molar-refractivity contribution < 1.29 is 0 Å². The maximum Gasteiger partial charge on any atom is 0.0485 e. The molecule has 2 aromatic rings. The first-order valence-electron chi connectivity index (χ1n) is 6.76. The van der Waals surface area contributed by atoms with Gasteiger partial charge in [-0.15, -0.1) is 0 Å². The van der Waals surface area contributed by atoms with Crippen LogP contribution >= 0.6 is 31.9 Å². The van der Waals surface area contributed by atoms with Gasteiger partial charge in [-0.25, -0.2) is 0 Å². The van der Waals surface area contributed by atoms with Gasteiger partial charge in [0.2, 0.25) is 0 Å². The molecule has 2 nitrogen and oxygen atoms in total. The quantitative estimate of drug-likeness (QED) is 0.821. The second kappa shape index (κ2) is 5.96. The van der Waals surface area contributed by atoms with E-state index in [1.54, 1.807) is 0 Å². The number of halogens is 2. The third-order valence-electron chi connectivity index (χ3n) is 3.96. The van der Waals surface area contributed by atoms with Gasteiger partial charge in [0, 0.05) is 32.8 Å². The molecular weight excluding hydrogens is 380 g/mol. The summed E-state index contributed by atoms with van der Waals surface area (Å²) in [6.45, 7) is 0. The van der Waals surface area contributed by atoms with Gasteiger partial charge in [-0.1, -0.05) is 37.9 Å². The average Bonchev–Trinajstić information content (AvgIpc) is 2.83. The van der Waals surface area contributed by atoms with Gasteiger partial charge in [-0.3, -0.25) is 4.98 Å². The highest BCUT2D eigenvalue weighted by Crippen LogP contribution is 2.41. The Morgan fingerprint density at radius 2 is 2.00 bits per heavy atom. The van der Waals surface area contributed by atoms with E-state index < -0.39 is 0 Å². The monoisotopic (exact) mass is 394 g/mol. The molecule has 20 heavy (non-hydrogen) atoms. The second-order valence-corrected chi connectivity index (χ2v) is 6.99. The van der Waals surface area contributed by atoms with Crippen LogP contribution in [0, 0.1) is 0 Å². The summed E-state index contributed by atoms with van der Waals surface area (Å²) in [5, 5.41) is 3.47. The average molecular weight is 396 g/mol. The number of aromatic nitrogens is 1. The first-order chi connectivity index (χ1) is 9.69. The largest absolute Gasteiger partial charge is 0.312 e. The summed E-state index contributed by atoms with van der Waals surface area (Å²) in [5.74, 6) is 0.442. The van der Waals surface area contributed by atoms with Gasteiger partial charge in [0.05, 0.1) is 0 Å². The lowest BCUT2D eigenvalue weighted by Gasteiger charge is -2.24. The van der Waals surface area contributed by atoms with Crippen molar-refractivity contribution in [2.24, 2.45) is 0 Å². The Morgan fingerprint density at radius 1 is 1.25 bits per heavy atom. The number of hydrogen-bond acceptors (Lipinski definition) is 2. The molecule has 1 aromatic heterocycles. The zero-order valence-electron chi connectivity index (χ0n) is 11.2. The summed E-state index contributed by atoms with van der Waals surface area (Å²) in [5.41, 5.74) is 3.94. The standard InChI is InChI=1S/C16H16Br2N2/c1-19-15(11-7-12(17)9-13(18)8-11)14-5-4-10-3-2-6-20-16(10)14/h2-3,6-9,14-15,19H,4-5H2,1H3. The van der Waals surface area contributed by atoms with E-state index in [0.29, 0.717) is 12.0 Å². The maximum atomic E-state index is 4.62. The molecule has 104 valence electrons. The van der Waals surface area contributed by atoms with E-state index in [9.17, 15) is 0 Å². The summed E-state index contributed by atoms with van der Waals surface area (Å²) in [7, 11) is 2.03. The molecule has 0 spiro atoms. The van der Waals surface area contributed by atoms with Crippen LogP contribution in [0.1, 0.15) is 35.2 Å². The topological polar surface area (TPSA) is 24.9 Å². The molecule has 1 heterocycles. The van der Waals surface area contributed by atoms with Gasteiger partial charge in [0.1, 0.15) is 0 Å². The smallest absolute Gasteiger partial charge is 0.0485 e. The molecule has 4 heteroatoms. The second-order valence-electron chi connectivity index (χ2n) is 5.16. The first-order valence-corrected chi connectivity index (χ1v) is 8.34. The van der Waals surface area contributed by atoms with E-state index in [4.69, 9.17) is 0 Å². The van der Waals surface area contributed by atoms with Crippen LogP contribution < -0.4 is 5.32 Å². The Morgan fingerprint density at radius 3 is 2.70 bits per heavy atom. The Bertz CT molecular complexity index is 607. The lowest BCUT2D eigenvalue weighted by atomic mass is 9.91. The molecule has 2 unspecified atom stereocenters. The van der Waals surface area contributed by atoms with Gasteiger partial charge < -0.3 is 5.32 Å². The molecule has 2 atom stereocenters. The predicted molar refractivity (Wildman–Crippen MR) is 88.9 cm³/mol. The van der Waals surface area contributed by atoms with Crippen molar-refractivity contribution in [3.05, 3.63) is 62.3 Å². The molecule has 1 N–H and O–H groups in total. The maximum absolute atomic E-state index is 4.62. The molecule has 0 saturated heterocycles. The van der Waals surface area contributed by atoms with E-state index in [1.807, 2.05) is 19.3 Å². The number of pyridine rings is 1. The fraction of sp³-hybridized carbons (Fsp3) is 0.312. The minimum Gasteiger partial charge on any atom is -0.312 e. The zero-order chi connectivity index (χ0) is 14.1. The van der Waals surface area contributed by atoms with Crippen LogP contribution in [-0.2, 0) is 6.42 Å². The predicted octanol–water partition coefficient (Wildman–Crippen LogP) is 4.60. The summed E-state index contributed by atoms with van der Waals surface area (Å²) < 4.78 is 2.20. The van der Waals surface area contributed by atoms with Crippen LogP contribution in [0.5, 0.6) is 0 Å². The van der Waals surface area contributed by atoms with Crippen LogP contribution in [0.25, 0.3) is 0 Å². The van der Waals surface area contributed by atoms with Crippen LogP contribution in [0.15, 0.2) is 45.5 Å². The van der Waals surface area contributed by atoms with Gasteiger partial charge in [0.25, 0.3) is 0 Å². The number of aryl methyl sites for hydroxylation is 1. The highest BCUT2D eigenvalue weighted by Gasteiger charge is 2.31. The van der Waals surface area contributed by atoms with E-state index in [-0.39, 0.29) is 0 Å². The fourth-order valence-electron chi connectivity index (χ4n) is 3.12. The number of nitrogens with one attached hydrogen (secondary N) is 1.